The van der Waals surface area contributed by atoms with Crippen LogP contribution in [-0.2, 0) is 6.61 Å². The van der Waals surface area contributed by atoms with Crippen LogP contribution in [0.1, 0.15) is 17.2 Å². The highest BCUT2D eigenvalue weighted by Crippen LogP contribution is 2.23. The zero-order valence-corrected chi connectivity index (χ0v) is 17.6. The minimum Gasteiger partial charge on any atom is -0.472 e. The van der Waals surface area contributed by atoms with Crippen LogP contribution in [0.4, 0.5) is 8.78 Å². The van der Waals surface area contributed by atoms with Crippen LogP contribution in [0.3, 0.4) is 0 Å². The smallest absolute Gasteiger partial charge is 0.272 e. The Labute approximate surface area is 175 Å². The first-order valence-corrected chi connectivity index (χ1v) is 9.69. The summed E-state index contributed by atoms with van der Waals surface area (Å²) in [5, 5.41) is 0. The number of nitrogens with zero attached hydrogens (tertiary/aromatic N) is 3. The maximum atomic E-state index is 13.8. The van der Waals surface area contributed by atoms with Gasteiger partial charge in [0.2, 0.25) is 5.88 Å². The fraction of sp³-hybridized carbons (Fsp3) is 0.238. The lowest BCUT2D eigenvalue weighted by Gasteiger charge is -2.24. The third-order valence-corrected chi connectivity index (χ3v) is 5.03. The molecule has 0 spiro atoms. The first-order chi connectivity index (χ1) is 13.9. The van der Waals surface area contributed by atoms with Crippen molar-refractivity contribution >= 4 is 15.9 Å². The molecule has 0 bridgehead atoms. The van der Waals surface area contributed by atoms with Gasteiger partial charge < -0.3 is 9.64 Å². The van der Waals surface area contributed by atoms with Crippen LogP contribution in [-0.4, -0.2) is 35.1 Å². The summed E-state index contributed by atoms with van der Waals surface area (Å²) in [5.41, 5.74) is 0.823. The van der Waals surface area contributed by atoms with Gasteiger partial charge in [-0.2, -0.15) is 0 Å². The lowest BCUT2D eigenvalue weighted by atomic mass is 10.1. The average Bonchev–Trinajstić information content (AvgIpc) is 2.69. The van der Waals surface area contributed by atoms with Crippen LogP contribution >= 0.6 is 15.9 Å². The molecule has 0 saturated carbocycles. The van der Waals surface area contributed by atoms with Gasteiger partial charge in [0.1, 0.15) is 29.0 Å². The van der Waals surface area contributed by atoms with Gasteiger partial charge >= 0.3 is 0 Å². The van der Waals surface area contributed by atoms with Crippen LogP contribution in [0.15, 0.2) is 64.1 Å². The Morgan fingerprint density at radius 3 is 2.55 bits per heavy atom. The lowest BCUT2D eigenvalue weighted by molar-refractivity contribution is 0.281. The van der Waals surface area contributed by atoms with Gasteiger partial charge in [0.25, 0.3) is 5.56 Å². The molecule has 0 saturated heterocycles. The molecular weight excluding hydrogens is 444 g/mol. The molecule has 1 unspecified atom stereocenters. The fourth-order valence-corrected chi connectivity index (χ4v) is 3.33. The van der Waals surface area contributed by atoms with E-state index in [4.69, 9.17) is 4.74 Å². The predicted octanol–water partition coefficient (Wildman–Crippen LogP) is 4.01. The van der Waals surface area contributed by atoms with Crippen LogP contribution < -0.4 is 10.3 Å². The number of ether oxygens (including phenoxy) is 1. The highest BCUT2D eigenvalue weighted by Gasteiger charge is 2.20. The molecule has 3 rings (SSSR count). The topological polar surface area (TPSA) is 47.4 Å². The highest BCUT2D eigenvalue weighted by molar-refractivity contribution is 9.10. The van der Waals surface area contributed by atoms with Crippen molar-refractivity contribution in [2.45, 2.75) is 12.6 Å². The lowest BCUT2D eigenvalue weighted by Crippen LogP contribution is -2.33. The Hall–Kier alpha value is -2.58. The minimum atomic E-state index is -0.718. The summed E-state index contributed by atoms with van der Waals surface area (Å²) in [6, 6.07) is 12.6. The number of halogens is 3. The van der Waals surface area contributed by atoms with Gasteiger partial charge in [0.15, 0.2) is 0 Å². The van der Waals surface area contributed by atoms with E-state index >= 15 is 0 Å². The van der Waals surface area contributed by atoms with Gasteiger partial charge in [0.05, 0.1) is 6.04 Å². The molecule has 1 aromatic heterocycles. The standard InChI is InChI=1S/C21H20BrF2N3O2/c1-26(2)11-18(14-6-4-3-5-7-14)27-13-25-20(19(22)21(27)28)29-12-15-8-9-16(23)10-17(15)24/h3-10,13,18H,11-12H2,1-2H3. The van der Waals surface area contributed by atoms with Crippen molar-refractivity contribution in [3.63, 3.8) is 0 Å². The van der Waals surface area contributed by atoms with E-state index in [-0.39, 0.29) is 34.1 Å². The molecule has 152 valence electrons. The molecule has 0 aliphatic heterocycles. The monoisotopic (exact) mass is 463 g/mol. The van der Waals surface area contributed by atoms with Crippen LogP contribution in [0.5, 0.6) is 5.88 Å². The van der Waals surface area contributed by atoms with Gasteiger partial charge in [-0.3, -0.25) is 9.36 Å². The normalized spacial score (nSPS) is 12.2. The third-order valence-electron chi connectivity index (χ3n) is 4.35. The second kappa shape index (κ2) is 9.28. The van der Waals surface area contributed by atoms with Crippen LogP contribution in [0.25, 0.3) is 0 Å². The number of rotatable bonds is 7. The number of hydrogen-bond donors (Lipinski definition) is 0. The Balaban J connectivity index is 1.88. The van der Waals surface area contributed by atoms with Crippen molar-refractivity contribution in [2.75, 3.05) is 20.6 Å². The molecule has 2 aromatic carbocycles. The minimum absolute atomic E-state index is 0.0478. The number of benzene rings is 2. The van der Waals surface area contributed by atoms with E-state index in [1.807, 2.05) is 49.3 Å². The van der Waals surface area contributed by atoms with E-state index in [1.165, 1.54) is 17.0 Å². The molecular formula is C21H20BrF2N3O2. The summed E-state index contributed by atoms with van der Waals surface area (Å²) in [4.78, 5) is 19.2. The summed E-state index contributed by atoms with van der Waals surface area (Å²) in [7, 11) is 3.86. The van der Waals surface area contributed by atoms with Crippen LogP contribution in [0, 0.1) is 11.6 Å². The third kappa shape index (κ3) is 5.07. The predicted molar refractivity (Wildman–Crippen MR) is 110 cm³/mol. The number of hydrogen-bond acceptors (Lipinski definition) is 4. The van der Waals surface area contributed by atoms with Gasteiger partial charge in [-0.05, 0) is 47.7 Å². The molecule has 0 N–H and O–H groups in total. The quantitative estimate of drug-likeness (QED) is 0.530. The fourth-order valence-electron chi connectivity index (χ4n) is 2.91. The zero-order chi connectivity index (χ0) is 21.0. The molecule has 1 atom stereocenters. The second-order valence-electron chi connectivity index (χ2n) is 6.79. The number of aromatic nitrogens is 2. The summed E-state index contributed by atoms with van der Waals surface area (Å²) in [6.07, 6.45) is 1.42. The SMILES string of the molecule is CN(C)CC(c1ccccc1)n1cnc(OCc2ccc(F)cc2F)c(Br)c1=O. The van der Waals surface area contributed by atoms with Gasteiger partial charge in [-0.25, -0.2) is 13.8 Å². The summed E-state index contributed by atoms with van der Waals surface area (Å²) >= 11 is 3.25. The molecule has 3 aromatic rings. The molecule has 1 heterocycles. The summed E-state index contributed by atoms with van der Waals surface area (Å²) < 4.78 is 34.0. The molecule has 5 nitrogen and oxygen atoms in total. The van der Waals surface area contributed by atoms with E-state index in [0.717, 1.165) is 17.7 Å². The Morgan fingerprint density at radius 1 is 1.17 bits per heavy atom. The first kappa shape index (κ1) is 21.1. The largest absolute Gasteiger partial charge is 0.472 e. The maximum Gasteiger partial charge on any atom is 0.272 e. The van der Waals surface area contributed by atoms with E-state index in [1.54, 1.807) is 0 Å². The van der Waals surface area contributed by atoms with Crippen molar-refractivity contribution in [1.29, 1.82) is 0 Å². The molecule has 0 fully saturated rings. The Bertz CT molecular complexity index is 1040. The van der Waals surface area contributed by atoms with E-state index in [0.29, 0.717) is 6.54 Å². The van der Waals surface area contributed by atoms with Gasteiger partial charge in [-0.1, -0.05) is 30.3 Å². The molecule has 0 radical (unpaired) electrons. The summed E-state index contributed by atoms with van der Waals surface area (Å²) in [5.74, 6) is -1.34. The molecule has 0 aliphatic rings. The molecule has 29 heavy (non-hydrogen) atoms. The van der Waals surface area contributed by atoms with Crippen molar-refractivity contribution in [2.24, 2.45) is 0 Å². The first-order valence-electron chi connectivity index (χ1n) is 8.90. The van der Waals surface area contributed by atoms with Crippen molar-refractivity contribution in [3.05, 3.63) is 92.4 Å². The van der Waals surface area contributed by atoms with Crippen LogP contribution in [0.2, 0.25) is 0 Å². The second-order valence-corrected chi connectivity index (χ2v) is 7.58. The van der Waals surface area contributed by atoms with E-state index in [2.05, 4.69) is 20.9 Å². The molecule has 0 amide bonds. The summed E-state index contributed by atoms with van der Waals surface area (Å²) in [6.45, 7) is 0.417. The number of likely N-dealkylation sites (N-methyl/N-ethyl adjacent to an activating group) is 1. The van der Waals surface area contributed by atoms with Gasteiger partial charge in [-0.15, -0.1) is 0 Å². The van der Waals surface area contributed by atoms with E-state index < -0.39 is 11.6 Å². The molecule has 0 aliphatic carbocycles. The molecule has 8 heteroatoms. The average molecular weight is 464 g/mol. The van der Waals surface area contributed by atoms with Crippen molar-refractivity contribution in [1.82, 2.24) is 14.5 Å². The highest BCUT2D eigenvalue weighted by atomic mass is 79.9. The van der Waals surface area contributed by atoms with E-state index in [9.17, 15) is 13.6 Å². The Kier molecular flexibility index (Phi) is 6.76. The Morgan fingerprint density at radius 2 is 1.90 bits per heavy atom. The zero-order valence-electron chi connectivity index (χ0n) is 16.0. The maximum absolute atomic E-state index is 13.8. The van der Waals surface area contributed by atoms with Crippen molar-refractivity contribution < 1.29 is 13.5 Å². The van der Waals surface area contributed by atoms with Crippen molar-refractivity contribution in [3.8, 4) is 5.88 Å². The van der Waals surface area contributed by atoms with Gasteiger partial charge in [0, 0.05) is 18.2 Å².